The molecule has 1 amide bonds. The molecule has 0 spiro atoms. The average Bonchev–Trinajstić information content (AvgIpc) is 3.00. The largest absolute Gasteiger partial charge is 0.466 e. The van der Waals surface area contributed by atoms with Crippen LogP contribution in [0, 0.1) is 13.8 Å². The third kappa shape index (κ3) is 2.69. The zero-order valence-electron chi connectivity index (χ0n) is 11.9. The van der Waals surface area contributed by atoms with Crippen LogP contribution in [0.5, 0.6) is 0 Å². The summed E-state index contributed by atoms with van der Waals surface area (Å²) < 4.78 is 6.45. The highest BCUT2D eigenvalue weighted by Crippen LogP contribution is 2.32. The number of nitrogens with one attached hydrogen (secondary N) is 1. The van der Waals surface area contributed by atoms with Crippen LogP contribution in [0.3, 0.4) is 0 Å². The Labute approximate surface area is 130 Å². The molecule has 4 nitrogen and oxygen atoms in total. The van der Waals surface area contributed by atoms with Crippen molar-refractivity contribution in [2.75, 3.05) is 11.6 Å². The number of hydrogen-bond acceptors (Lipinski definition) is 5. The van der Waals surface area contributed by atoms with Gasteiger partial charge in [-0.2, -0.15) is 0 Å². The summed E-state index contributed by atoms with van der Waals surface area (Å²) >= 11 is 3.12. The maximum absolute atomic E-state index is 12.3. The fourth-order valence-electron chi connectivity index (χ4n) is 2.16. The summed E-state index contributed by atoms with van der Waals surface area (Å²) in [6.07, 6.45) is 2.02. The SMILES string of the molecule is CSc1cccc2sc(NC(=O)c3cc(C)oc3C)nc12. The summed E-state index contributed by atoms with van der Waals surface area (Å²) in [6, 6.07) is 7.78. The Morgan fingerprint density at radius 3 is 2.86 bits per heavy atom. The summed E-state index contributed by atoms with van der Waals surface area (Å²) in [6.45, 7) is 3.61. The van der Waals surface area contributed by atoms with E-state index < -0.39 is 0 Å². The Balaban J connectivity index is 1.91. The van der Waals surface area contributed by atoms with Crippen molar-refractivity contribution in [2.45, 2.75) is 18.7 Å². The molecule has 21 heavy (non-hydrogen) atoms. The van der Waals surface area contributed by atoms with E-state index in [1.807, 2.05) is 31.4 Å². The molecule has 108 valence electrons. The number of aryl methyl sites for hydroxylation is 2. The molecule has 0 aliphatic rings. The summed E-state index contributed by atoms with van der Waals surface area (Å²) in [7, 11) is 0. The molecule has 1 aromatic carbocycles. The molecule has 3 rings (SSSR count). The van der Waals surface area contributed by atoms with Crippen LogP contribution >= 0.6 is 23.1 Å². The molecule has 2 aromatic heterocycles. The molecule has 0 bridgehead atoms. The number of carbonyl (C=O) groups excluding carboxylic acids is 1. The molecule has 0 aliphatic heterocycles. The number of hydrogen-bond donors (Lipinski definition) is 1. The van der Waals surface area contributed by atoms with Gasteiger partial charge in [-0.15, -0.1) is 11.8 Å². The summed E-state index contributed by atoms with van der Waals surface area (Å²) in [5.74, 6) is 1.16. The van der Waals surface area contributed by atoms with Crippen LogP contribution in [0.4, 0.5) is 5.13 Å². The zero-order valence-corrected chi connectivity index (χ0v) is 13.5. The first-order valence-electron chi connectivity index (χ1n) is 6.40. The molecule has 0 radical (unpaired) electrons. The molecule has 6 heteroatoms. The first kappa shape index (κ1) is 14.2. The number of nitrogens with zero attached hydrogens (tertiary/aromatic N) is 1. The average molecular weight is 318 g/mol. The molecular formula is C15H14N2O2S2. The number of thiazole rings is 1. The number of carbonyl (C=O) groups is 1. The molecule has 0 atom stereocenters. The van der Waals surface area contributed by atoms with E-state index in [2.05, 4.69) is 10.3 Å². The van der Waals surface area contributed by atoms with Gasteiger partial charge in [0.1, 0.15) is 11.5 Å². The monoisotopic (exact) mass is 318 g/mol. The van der Waals surface area contributed by atoms with Crippen LogP contribution in [0.15, 0.2) is 33.6 Å². The molecule has 0 saturated heterocycles. The normalized spacial score (nSPS) is 11.0. The predicted octanol–water partition coefficient (Wildman–Crippen LogP) is 4.48. The van der Waals surface area contributed by atoms with Crippen molar-refractivity contribution in [1.29, 1.82) is 0 Å². The molecule has 3 aromatic rings. The summed E-state index contributed by atoms with van der Waals surface area (Å²) in [5, 5.41) is 3.46. The highest BCUT2D eigenvalue weighted by Gasteiger charge is 2.16. The standard InChI is InChI=1S/C15H14N2O2S2/c1-8-7-10(9(2)19-8)14(18)17-15-16-13-11(20-3)5-4-6-12(13)21-15/h4-7H,1-3H3,(H,16,17,18). The number of anilines is 1. The van der Waals surface area contributed by atoms with Crippen molar-refractivity contribution < 1.29 is 9.21 Å². The van der Waals surface area contributed by atoms with Crippen LogP contribution in [-0.2, 0) is 0 Å². The van der Waals surface area contributed by atoms with Gasteiger partial charge in [0.15, 0.2) is 5.13 Å². The minimum absolute atomic E-state index is 0.186. The van der Waals surface area contributed by atoms with Gasteiger partial charge in [0.25, 0.3) is 5.91 Å². The van der Waals surface area contributed by atoms with E-state index in [4.69, 9.17) is 4.42 Å². The van der Waals surface area contributed by atoms with Crippen LogP contribution < -0.4 is 5.32 Å². The lowest BCUT2D eigenvalue weighted by Crippen LogP contribution is -2.11. The Morgan fingerprint density at radius 1 is 1.38 bits per heavy atom. The van der Waals surface area contributed by atoms with Crippen LogP contribution in [0.1, 0.15) is 21.9 Å². The summed E-state index contributed by atoms with van der Waals surface area (Å²) in [5.41, 5.74) is 1.49. The Bertz CT molecular complexity index is 820. The Hall–Kier alpha value is -1.79. The molecule has 1 N–H and O–H groups in total. The van der Waals surface area contributed by atoms with Crippen molar-refractivity contribution >= 4 is 44.4 Å². The third-order valence-electron chi connectivity index (χ3n) is 3.11. The van der Waals surface area contributed by atoms with Gasteiger partial charge >= 0.3 is 0 Å². The van der Waals surface area contributed by atoms with E-state index in [0.29, 0.717) is 16.5 Å². The van der Waals surface area contributed by atoms with Gasteiger partial charge in [-0.1, -0.05) is 17.4 Å². The number of fused-ring (bicyclic) bond motifs is 1. The Kier molecular flexibility index (Phi) is 3.73. The van der Waals surface area contributed by atoms with Gasteiger partial charge in [-0.3, -0.25) is 10.1 Å². The van der Waals surface area contributed by atoms with Gasteiger partial charge < -0.3 is 4.42 Å². The molecule has 0 aliphatic carbocycles. The lowest BCUT2D eigenvalue weighted by molar-refractivity contribution is 0.102. The smallest absolute Gasteiger partial charge is 0.260 e. The number of aromatic nitrogens is 1. The van der Waals surface area contributed by atoms with E-state index in [1.54, 1.807) is 24.8 Å². The quantitative estimate of drug-likeness (QED) is 0.723. The maximum Gasteiger partial charge on any atom is 0.260 e. The van der Waals surface area contributed by atoms with Crippen molar-refractivity contribution in [3.8, 4) is 0 Å². The first-order valence-corrected chi connectivity index (χ1v) is 8.44. The molecule has 0 saturated carbocycles. The lowest BCUT2D eigenvalue weighted by Gasteiger charge is -1.99. The van der Waals surface area contributed by atoms with E-state index in [1.165, 1.54) is 11.3 Å². The number of para-hydroxylation sites is 1. The van der Waals surface area contributed by atoms with Crippen molar-refractivity contribution in [3.05, 3.63) is 41.3 Å². The third-order valence-corrected chi connectivity index (χ3v) is 4.81. The van der Waals surface area contributed by atoms with E-state index in [0.717, 1.165) is 20.9 Å². The number of furan rings is 1. The second-order valence-electron chi connectivity index (χ2n) is 4.61. The fraction of sp³-hybridized carbons (Fsp3) is 0.200. The van der Waals surface area contributed by atoms with Gasteiger partial charge in [-0.05, 0) is 38.3 Å². The highest BCUT2D eigenvalue weighted by molar-refractivity contribution is 7.98. The van der Waals surface area contributed by atoms with Crippen LogP contribution in [-0.4, -0.2) is 17.1 Å². The van der Waals surface area contributed by atoms with Gasteiger partial charge in [0.2, 0.25) is 0 Å². The van der Waals surface area contributed by atoms with E-state index >= 15 is 0 Å². The van der Waals surface area contributed by atoms with Crippen molar-refractivity contribution in [3.63, 3.8) is 0 Å². The number of thioether (sulfide) groups is 1. The van der Waals surface area contributed by atoms with Gasteiger partial charge in [0.05, 0.1) is 15.8 Å². The second kappa shape index (κ2) is 5.54. The minimum Gasteiger partial charge on any atom is -0.466 e. The van der Waals surface area contributed by atoms with E-state index in [-0.39, 0.29) is 5.91 Å². The van der Waals surface area contributed by atoms with Crippen molar-refractivity contribution in [1.82, 2.24) is 4.98 Å². The van der Waals surface area contributed by atoms with E-state index in [9.17, 15) is 4.79 Å². The summed E-state index contributed by atoms with van der Waals surface area (Å²) in [4.78, 5) is 17.9. The van der Waals surface area contributed by atoms with Gasteiger partial charge in [-0.25, -0.2) is 4.98 Å². The Morgan fingerprint density at radius 2 is 2.19 bits per heavy atom. The zero-order chi connectivity index (χ0) is 15.0. The fourth-order valence-corrected chi connectivity index (χ4v) is 3.68. The number of benzene rings is 1. The van der Waals surface area contributed by atoms with Crippen LogP contribution in [0.2, 0.25) is 0 Å². The lowest BCUT2D eigenvalue weighted by atomic mass is 10.2. The first-order chi connectivity index (χ1) is 10.1. The topological polar surface area (TPSA) is 55.1 Å². The predicted molar refractivity (Wildman–Crippen MR) is 87.5 cm³/mol. The molecule has 2 heterocycles. The number of amides is 1. The van der Waals surface area contributed by atoms with Crippen molar-refractivity contribution in [2.24, 2.45) is 0 Å². The maximum atomic E-state index is 12.3. The molecular weight excluding hydrogens is 304 g/mol. The second-order valence-corrected chi connectivity index (χ2v) is 6.49. The molecule has 0 fully saturated rings. The number of rotatable bonds is 3. The van der Waals surface area contributed by atoms with Gasteiger partial charge in [0, 0.05) is 4.90 Å². The minimum atomic E-state index is -0.186. The van der Waals surface area contributed by atoms with Crippen LogP contribution in [0.25, 0.3) is 10.2 Å². The highest BCUT2D eigenvalue weighted by atomic mass is 32.2. The molecule has 0 unspecified atom stereocenters.